The molecule has 6 amide bonds. The highest BCUT2D eigenvalue weighted by atomic mass is 35.5. The summed E-state index contributed by atoms with van der Waals surface area (Å²) in [6, 6.07) is 3.78. The van der Waals surface area contributed by atoms with Crippen LogP contribution < -0.4 is 5.73 Å². The zero-order valence-electron chi connectivity index (χ0n) is 18.2. The van der Waals surface area contributed by atoms with Crippen LogP contribution in [0.3, 0.4) is 0 Å². The first kappa shape index (κ1) is 22.9. The Bertz CT molecular complexity index is 1250. The molecule has 5 rings (SSSR count). The molecule has 9 nitrogen and oxygen atoms in total. The number of nitrogens with zero attached hydrogens (tertiary/aromatic N) is 2. The number of carbonyl (C=O) groups is 5. The smallest absolute Gasteiger partial charge is 0.328 e. The largest absolute Gasteiger partial charge is 0.507 e. The first-order valence-corrected chi connectivity index (χ1v) is 11.5. The lowest BCUT2D eigenvalue weighted by molar-refractivity contribution is -0.139. The number of allylic oxidation sites excluding steroid dienone is 2. The van der Waals surface area contributed by atoms with E-state index in [1.807, 2.05) is 0 Å². The molecule has 1 aromatic carbocycles. The number of primary amides is 1. The fourth-order valence-corrected chi connectivity index (χ4v) is 7.23. The van der Waals surface area contributed by atoms with E-state index in [0.29, 0.717) is 16.0 Å². The summed E-state index contributed by atoms with van der Waals surface area (Å²) in [6.45, 7) is 1.68. The first-order chi connectivity index (χ1) is 15.9. The van der Waals surface area contributed by atoms with Crippen LogP contribution >= 0.6 is 23.2 Å². The third-order valence-corrected chi connectivity index (χ3v) is 9.23. The number of fused-ring (bicyclic) bond motifs is 4. The molecule has 2 heterocycles. The van der Waals surface area contributed by atoms with Crippen LogP contribution in [0.5, 0.6) is 5.75 Å². The molecule has 34 heavy (non-hydrogen) atoms. The average Bonchev–Trinajstić information content (AvgIpc) is 3.11. The third-order valence-electron chi connectivity index (χ3n) is 7.81. The Morgan fingerprint density at radius 3 is 2.44 bits per heavy atom. The van der Waals surface area contributed by atoms with Crippen molar-refractivity contribution in [1.29, 1.82) is 0 Å². The van der Waals surface area contributed by atoms with E-state index < -0.39 is 63.1 Å². The van der Waals surface area contributed by atoms with Crippen molar-refractivity contribution >= 4 is 52.9 Å². The Kier molecular flexibility index (Phi) is 4.74. The summed E-state index contributed by atoms with van der Waals surface area (Å²) < 4.78 is 0. The van der Waals surface area contributed by atoms with Crippen molar-refractivity contribution < 1.29 is 29.1 Å². The van der Waals surface area contributed by atoms with Crippen molar-refractivity contribution in [3.05, 3.63) is 41.0 Å². The zero-order chi connectivity index (χ0) is 24.9. The van der Waals surface area contributed by atoms with E-state index >= 15 is 0 Å². The number of amides is 6. The fourth-order valence-electron chi connectivity index (χ4n) is 6.22. The lowest BCUT2D eigenvalue weighted by atomic mass is 9.56. The third kappa shape index (κ3) is 2.49. The maximum atomic E-state index is 13.4. The fraction of sp³-hybridized carbons (Fsp3) is 0.435. The van der Waals surface area contributed by atoms with Crippen LogP contribution in [0.15, 0.2) is 29.8 Å². The van der Waals surface area contributed by atoms with E-state index in [-0.39, 0.29) is 24.2 Å². The highest BCUT2D eigenvalue weighted by molar-refractivity contribution is 6.53. The normalized spacial score (nSPS) is 36.9. The van der Waals surface area contributed by atoms with Crippen molar-refractivity contribution in [2.75, 3.05) is 7.05 Å². The molecule has 6 atom stereocenters. The molecule has 6 unspecified atom stereocenters. The number of likely N-dealkylation sites (tertiary alicyclic amines) is 2. The first-order valence-electron chi connectivity index (χ1n) is 10.7. The van der Waals surface area contributed by atoms with Gasteiger partial charge in [-0.05, 0) is 31.2 Å². The van der Waals surface area contributed by atoms with Crippen molar-refractivity contribution in [1.82, 2.24) is 9.80 Å². The van der Waals surface area contributed by atoms with Crippen LogP contribution in [-0.2, 0) is 19.2 Å². The van der Waals surface area contributed by atoms with E-state index in [2.05, 4.69) is 0 Å². The Morgan fingerprint density at radius 1 is 1.12 bits per heavy atom. The number of imide groups is 4. The minimum absolute atomic E-state index is 0.105. The molecule has 11 heteroatoms. The number of aromatic hydroxyl groups is 1. The van der Waals surface area contributed by atoms with Gasteiger partial charge >= 0.3 is 6.03 Å². The summed E-state index contributed by atoms with van der Waals surface area (Å²) in [5.41, 5.74) is 6.62. The number of nitrogens with two attached hydrogens (primary N) is 1. The average molecular weight is 506 g/mol. The molecule has 3 N–H and O–H groups in total. The van der Waals surface area contributed by atoms with E-state index in [1.54, 1.807) is 31.2 Å². The van der Waals surface area contributed by atoms with Gasteiger partial charge in [-0.3, -0.25) is 24.1 Å². The molecule has 4 aliphatic rings. The van der Waals surface area contributed by atoms with Crippen LogP contribution in [-0.4, -0.2) is 61.4 Å². The Morgan fingerprint density at radius 2 is 1.79 bits per heavy atom. The number of aryl methyl sites for hydroxylation is 1. The molecular weight excluding hydrogens is 485 g/mol. The van der Waals surface area contributed by atoms with Gasteiger partial charge < -0.3 is 10.8 Å². The molecule has 0 aromatic heterocycles. The summed E-state index contributed by atoms with van der Waals surface area (Å²) in [7, 11) is 1.28. The molecule has 0 radical (unpaired) electrons. The molecule has 2 aliphatic heterocycles. The minimum Gasteiger partial charge on any atom is -0.507 e. The number of urea groups is 1. The van der Waals surface area contributed by atoms with Gasteiger partial charge in [0.15, 0.2) is 9.75 Å². The van der Waals surface area contributed by atoms with Crippen molar-refractivity contribution in [2.24, 2.45) is 23.5 Å². The second-order valence-electron chi connectivity index (χ2n) is 9.36. The quantitative estimate of drug-likeness (QED) is 0.338. The second kappa shape index (κ2) is 7.05. The van der Waals surface area contributed by atoms with Gasteiger partial charge in [-0.25, -0.2) is 4.79 Å². The van der Waals surface area contributed by atoms with Crippen LogP contribution in [0.1, 0.15) is 29.9 Å². The van der Waals surface area contributed by atoms with Crippen molar-refractivity contribution in [3.8, 4) is 5.75 Å². The maximum absolute atomic E-state index is 13.4. The number of benzene rings is 1. The molecule has 2 saturated heterocycles. The number of alkyl halides is 2. The molecule has 0 spiro atoms. The van der Waals surface area contributed by atoms with Gasteiger partial charge in [0.1, 0.15) is 5.75 Å². The number of phenols is 1. The van der Waals surface area contributed by atoms with E-state index in [9.17, 15) is 29.1 Å². The molecule has 3 fully saturated rings. The van der Waals surface area contributed by atoms with Gasteiger partial charge in [-0.15, -0.1) is 23.2 Å². The zero-order valence-corrected chi connectivity index (χ0v) is 19.8. The predicted molar refractivity (Wildman–Crippen MR) is 120 cm³/mol. The topological polar surface area (TPSA) is 138 Å². The Balaban J connectivity index is 1.76. The molecule has 178 valence electrons. The number of para-hydroxylation sites is 1. The van der Waals surface area contributed by atoms with E-state index in [1.165, 1.54) is 7.05 Å². The number of hydrogen-bond acceptors (Lipinski definition) is 6. The lowest BCUT2D eigenvalue weighted by Gasteiger charge is -2.50. The number of halogens is 2. The predicted octanol–water partition coefficient (Wildman–Crippen LogP) is 1.77. The monoisotopic (exact) mass is 505 g/mol. The maximum Gasteiger partial charge on any atom is 0.328 e. The standard InChI is InChI=1S/C23H21Cl2N3O6/c1-9-4-3-5-12(16(9)29)15-10-6-7-11-14(18(31)28(17(11)30)21(26)34)13(10)8-22(24)19(32)27(2)20(33)23(15,22)25/h3-6,11,13-15,29H,7-8H2,1-2H3,(H2,26,34). The highest BCUT2D eigenvalue weighted by Crippen LogP contribution is 2.66. The van der Waals surface area contributed by atoms with Gasteiger partial charge in [0.25, 0.3) is 11.8 Å². The summed E-state index contributed by atoms with van der Waals surface area (Å²) in [5, 5.41) is 10.9. The lowest BCUT2D eigenvalue weighted by Crippen LogP contribution is -2.60. The Labute approximate surface area is 204 Å². The molecule has 2 aliphatic carbocycles. The van der Waals surface area contributed by atoms with E-state index in [4.69, 9.17) is 28.9 Å². The van der Waals surface area contributed by atoms with Gasteiger partial charge in [0, 0.05) is 18.5 Å². The number of hydrogen-bond donors (Lipinski definition) is 2. The van der Waals surface area contributed by atoms with Crippen LogP contribution in [0.25, 0.3) is 0 Å². The molecule has 1 aromatic rings. The Hall–Kier alpha value is -2.91. The summed E-state index contributed by atoms with van der Waals surface area (Å²) in [5.74, 6) is -6.71. The van der Waals surface area contributed by atoms with E-state index in [0.717, 1.165) is 4.90 Å². The summed E-state index contributed by atoms with van der Waals surface area (Å²) in [4.78, 5) is 61.9. The summed E-state index contributed by atoms with van der Waals surface area (Å²) in [6.07, 6.45) is 1.62. The molecular formula is C23H21Cl2N3O6. The van der Waals surface area contributed by atoms with Gasteiger partial charge in [0.2, 0.25) is 11.8 Å². The van der Waals surface area contributed by atoms with Crippen LogP contribution in [0.2, 0.25) is 0 Å². The van der Waals surface area contributed by atoms with Crippen molar-refractivity contribution in [2.45, 2.75) is 35.4 Å². The molecule has 1 saturated carbocycles. The van der Waals surface area contributed by atoms with Crippen LogP contribution in [0, 0.1) is 24.7 Å². The second-order valence-corrected chi connectivity index (χ2v) is 10.6. The van der Waals surface area contributed by atoms with Gasteiger partial charge in [0.05, 0.1) is 11.8 Å². The van der Waals surface area contributed by atoms with Crippen LogP contribution in [0.4, 0.5) is 4.79 Å². The minimum atomic E-state index is -1.98. The van der Waals surface area contributed by atoms with Gasteiger partial charge in [-0.1, -0.05) is 29.8 Å². The summed E-state index contributed by atoms with van der Waals surface area (Å²) >= 11 is 14.0. The van der Waals surface area contributed by atoms with Gasteiger partial charge in [-0.2, -0.15) is 4.90 Å². The van der Waals surface area contributed by atoms with Crippen molar-refractivity contribution in [3.63, 3.8) is 0 Å². The highest BCUT2D eigenvalue weighted by Gasteiger charge is 2.76. The number of carbonyl (C=O) groups excluding carboxylic acids is 5. The number of rotatable bonds is 1. The molecule has 0 bridgehead atoms. The SMILES string of the molecule is Cc1cccc(C2C3=CCC4C(=O)N(C(N)=O)C(=O)C4C3CC3(Cl)C(=O)N(C)C(=O)C23Cl)c1O. The number of phenolic OH excluding ortho intramolecular Hbond substituents is 1.